The molecule has 0 bridgehead atoms. The molecule has 8 aromatic rings. The lowest BCUT2D eigenvalue weighted by atomic mass is 10.2. The molecule has 0 amide bonds. The lowest BCUT2D eigenvalue weighted by Gasteiger charge is -2.21. The average molecular weight is 966 g/mol. The Kier molecular flexibility index (Phi) is 12.2. The summed E-state index contributed by atoms with van der Waals surface area (Å²) in [5.74, 6) is 3.97. The van der Waals surface area contributed by atoms with Gasteiger partial charge in [0.05, 0.1) is 49.1 Å². The van der Waals surface area contributed by atoms with Gasteiger partial charge in [0.1, 0.15) is 0 Å². The van der Waals surface area contributed by atoms with Crippen LogP contribution in [0.4, 0.5) is 11.9 Å². The summed E-state index contributed by atoms with van der Waals surface area (Å²) in [5, 5.41) is 19.3. The van der Waals surface area contributed by atoms with E-state index in [9.17, 15) is 9.59 Å². The minimum Gasteiger partial charge on any atom is -0.493 e. The van der Waals surface area contributed by atoms with Crippen LogP contribution in [-0.2, 0) is 13.1 Å². The predicted molar refractivity (Wildman–Crippen MR) is 248 cm³/mol. The van der Waals surface area contributed by atoms with Crippen LogP contribution in [0.2, 0.25) is 0 Å². The molecule has 17 heteroatoms. The number of aromatic nitrogens is 9. The van der Waals surface area contributed by atoms with Gasteiger partial charge in [-0.2, -0.15) is 0 Å². The van der Waals surface area contributed by atoms with E-state index in [-0.39, 0.29) is 11.1 Å². The van der Waals surface area contributed by atoms with E-state index in [0.717, 1.165) is 94.9 Å². The third-order valence-corrected chi connectivity index (χ3v) is 12.7. The number of ether oxygens (including phenoxy) is 2. The van der Waals surface area contributed by atoms with Gasteiger partial charge >= 0.3 is 0 Å². The zero-order valence-corrected chi connectivity index (χ0v) is 37.9. The van der Waals surface area contributed by atoms with Crippen molar-refractivity contribution in [3.8, 4) is 11.5 Å². The molecule has 0 atom stereocenters. The third kappa shape index (κ3) is 8.15. The predicted octanol–water partition coefficient (Wildman–Crippen LogP) is 7.88. The highest BCUT2D eigenvalue weighted by Crippen LogP contribution is 2.30. The van der Waals surface area contributed by atoms with Crippen molar-refractivity contribution in [2.24, 2.45) is 0 Å². The molecule has 2 saturated heterocycles. The van der Waals surface area contributed by atoms with Crippen LogP contribution in [0, 0.1) is 0 Å². The van der Waals surface area contributed by atoms with E-state index in [1.807, 2.05) is 75.5 Å². The Morgan fingerprint density at radius 3 is 1.53 bits per heavy atom. The molecule has 0 saturated carbocycles. The third-order valence-electron chi connectivity index (χ3n) is 11.7. The fraction of sp³-hybridized carbons (Fsp3) is 0.356. The molecule has 2 aliphatic heterocycles. The molecule has 7 heterocycles. The summed E-state index contributed by atoms with van der Waals surface area (Å²) in [5.41, 5.74) is 3.32. The summed E-state index contributed by atoms with van der Waals surface area (Å²) in [6.07, 6.45) is 13.0. The second-order valence-corrected chi connectivity index (χ2v) is 17.6. The number of fused-ring (bicyclic) bond motifs is 6. The van der Waals surface area contributed by atoms with Crippen LogP contribution in [0.15, 0.2) is 97.7 Å². The van der Waals surface area contributed by atoms with E-state index in [2.05, 4.69) is 67.0 Å². The van der Waals surface area contributed by atoms with Gasteiger partial charge in [-0.1, -0.05) is 69.7 Å². The standard InChI is InChI=1S/C24H26BrN5O3.C21H21BrN6O/c1-32-20-10-7-16(13-21(20)33-2)15-29-22(31)18-14-17(25)8-9-19(18)30-23(26-27-24(29)30)28-11-5-3-4-6-12-28;22-16-7-8-18-17(12-16)19(29)27(14-15-6-5-9-23-13-15)21-25-24-20(28(18)21)26-10-3-1-2-4-11-26/h7-10,13-14H,3-6,11-12,15H2,1-2H3;5-9,12-13H,1-4,10-11,14H2. The first-order valence-corrected chi connectivity index (χ1v) is 22.7. The minimum absolute atomic E-state index is 0.0764. The van der Waals surface area contributed by atoms with Crippen molar-refractivity contribution in [3.05, 3.63) is 120 Å². The molecular weight excluding hydrogens is 918 g/mol. The fourth-order valence-electron chi connectivity index (χ4n) is 8.61. The van der Waals surface area contributed by atoms with Crippen molar-refractivity contribution in [2.45, 2.75) is 64.5 Å². The summed E-state index contributed by atoms with van der Waals surface area (Å²) >= 11 is 7.03. The topological polar surface area (TPSA) is 142 Å². The number of hydrogen-bond acceptors (Lipinski definition) is 11. The lowest BCUT2D eigenvalue weighted by molar-refractivity contribution is 0.354. The molecule has 0 spiro atoms. The van der Waals surface area contributed by atoms with Gasteiger partial charge in [-0.15, -0.1) is 20.4 Å². The monoisotopic (exact) mass is 963 g/mol. The lowest BCUT2D eigenvalue weighted by Crippen LogP contribution is -2.28. The number of anilines is 2. The van der Waals surface area contributed by atoms with Crippen molar-refractivity contribution >= 4 is 77.1 Å². The SMILES string of the molecule is COc1ccc(Cn2c(=O)c3cc(Br)ccc3n3c(N4CCCCCC4)nnc23)cc1OC.O=c1c2cc(Br)ccc2n2c(N3CCCCCC3)nnc2n1Cc1cccnc1. The Morgan fingerprint density at radius 2 is 1.06 bits per heavy atom. The number of benzene rings is 3. The first-order valence-electron chi connectivity index (χ1n) is 21.1. The maximum Gasteiger partial charge on any atom is 0.263 e. The first-order chi connectivity index (χ1) is 30.3. The van der Waals surface area contributed by atoms with E-state index in [1.165, 1.54) is 25.7 Å². The number of methoxy groups -OCH3 is 2. The Morgan fingerprint density at radius 1 is 0.565 bits per heavy atom. The highest BCUT2D eigenvalue weighted by atomic mass is 79.9. The van der Waals surface area contributed by atoms with Crippen LogP contribution in [0.5, 0.6) is 11.5 Å². The molecular formula is C45H47Br2N11O4. The van der Waals surface area contributed by atoms with Gasteiger partial charge < -0.3 is 19.3 Å². The summed E-state index contributed by atoms with van der Waals surface area (Å²) in [4.78, 5) is 35.7. The maximum atomic E-state index is 13.6. The molecule has 320 valence electrons. The highest BCUT2D eigenvalue weighted by Gasteiger charge is 2.24. The summed E-state index contributed by atoms with van der Waals surface area (Å²) in [6.45, 7) is 4.53. The van der Waals surface area contributed by atoms with Crippen molar-refractivity contribution in [2.75, 3.05) is 50.2 Å². The number of halogens is 2. The smallest absolute Gasteiger partial charge is 0.263 e. The van der Waals surface area contributed by atoms with E-state index in [0.29, 0.717) is 46.9 Å². The van der Waals surface area contributed by atoms with E-state index in [4.69, 9.17) is 9.47 Å². The van der Waals surface area contributed by atoms with Crippen molar-refractivity contribution in [3.63, 3.8) is 0 Å². The van der Waals surface area contributed by atoms with Crippen molar-refractivity contribution < 1.29 is 9.47 Å². The number of pyridine rings is 1. The van der Waals surface area contributed by atoms with Gasteiger partial charge in [0, 0.05) is 47.5 Å². The Hall–Kier alpha value is -5.81. The van der Waals surface area contributed by atoms with Gasteiger partial charge in [-0.3, -0.25) is 23.7 Å². The Labute approximate surface area is 374 Å². The quantitative estimate of drug-likeness (QED) is 0.147. The first kappa shape index (κ1) is 41.5. The molecule has 5 aromatic heterocycles. The number of nitrogens with zero attached hydrogens (tertiary/aromatic N) is 11. The number of hydrogen-bond donors (Lipinski definition) is 0. The highest BCUT2D eigenvalue weighted by molar-refractivity contribution is 9.10. The van der Waals surface area contributed by atoms with E-state index in [1.54, 1.807) is 35.7 Å². The zero-order valence-electron chi connectivity index (χ0n) is 34.7. The van der Waals surface area contributed by atoms with Crippen LogP contribution in [0.1, 0.15) is 62.5 Å². The largest absolute Gasteiger partial charge is 0.493 e. The van der Waals surface area contributed by atoms with Crippen LogP contribution >= 0.6 is 31.9 Å². The van der Waals surface area contributed by atoms with Gasteiger partial charge in [-0.25, -0.2) is 8.80 Å². The molecule has 3 aromatic carbocycles. The van der Waals surface area contributed by atoms with Crippen LogP contribution in [0.25, 0.3) is 33.4 Å². The van der Waals surface area contributed by atoms with Gasteiger partial charge in [0.2, 0.25) is 23.5 Å². The summed E-state index contributed by atoms with van der Waals surface area (Å²) in [6, 6.07) is 21.1. The van der Waals surface area contributed by atoms with Crippen LogP contribution < -0.4 is 30.4 Å². The van der Waals surface area contributed by atoms with Gasteiger partial charge in [0.15, 0.2) is 11.5 Å². The minimum atomic E-state index is -0.108. The van der Waals surface area contributed by atoms with Crippen molar-refractivity contribution in [1.29, 1.82) is 0 Å². The average Bonchev–Trinajstić information content (AvgIpc) is 3.70. The molecule has 0 N–H and O–H groups in total. The van der Waals surface area contributed by atoms with Crippen LogP contribution in [0.3, 0.4) is 0 Å². The van der Waals surface area contributed by atoms with Gasteiger partial charge in [0.25, 0.3) is 11.1 Å². The second-order valence-electron chi connectivity index (χ2n) is 15.7. The maximum absolute atomic E-state index is 13.6. The molecule has 2 fully saturated rings. The molecule has 62 heavy (non-hydrogen) atoms. The molecule has 15 nitrogen and oxygen atoms in total. The summed E-state index contributed by atoms with van der Waals surface area (Å²) in [7, 11) is 3.21. The molecule has 0 unspecified atom stereocenters. The fourth-order valence-corrected chi connectivity index (χ4v) is 9.33. The number of rotatable bonds is 8. The van der Waals surface area contributed by atoms with E-state index < -0.39 is 0 Å². The second kappa shape index (κ2) is 18.3. The molecule has 0 aliphatic carbocycles. The molecule has 0 radical (unpaired) electrons. The van der Waals surface area contributed by atoms with Gasteiger partial charge in [-0.05, 0) is 91.4 Å². The molecule has 2 aliphatic rings. The Bertz CT molecular complexity index is 3000. The van der Waals surface area contributed by atoms with E-state index >= 15 is 0 Å². The summed E-state index contributed by atoms with van der Waals surface area (Å²) < 4.78 is 20.0. The normalized spacial score (nSPS) is 14.8. The zero-order chi connectivity index (χ0) is 42.7. The molecule has 10 rings (SSSR count). The van der Waals surface area contributed by atoms with Crippen molar-refractivity contribution in [1.82, 2.24) is 43.3 Å². The Balaban J connectivity index is 0.000000159. The van der Waals surface area contributed by atoms with Crippen LogP contribution in [-0.4, -0.2) is 83.7 Å².